The van der Waals surface area contributed by atoms with Gasteiger partial charge in [0, 0.05) is 18.0 Å². The van der Waals surface area contributed by atoms with Crippen molar-refractivity contribution < 1.29 is 14.3 Å². The second kappa shape index (κ2) is 6.70. The van der Waals surface area contributed by atoms with Crippen molar-refractivity contribution in [2.45, 2.75) is 19.4 Å². The van der Waals surface area contributed by atoms with E-state index in [4.69, 9.17) is 9.47 Å². The molecule has 2 aromatic rings. The summed E-state index contributed by atoms with van der Waals surface area (Å²) in [5.41, 5.74) is 1.85. The van der Waals surface area contributed by atoms with Crippen molar-refractivity contribution in [3.63, 3.8) is 0 Å². The molecule has 1 aromatic heterocycles. The van der Waals surface area contributed by atoms with Gasteiger partial charge in [-0.3, -0.25) is 9.78 Å². The van der Waals surface area contributed by atoms with Crippen LogP contribution in [-0.4, -0.2) is 18.1 Å². The van der Waals surface area contributed by atoms with Crippen LogP contribution in [0.1, 0.15) is 24.2 Å². The number of esters is 1. The predicted octanol–water partition coefficient (Wildman–Crippen LogP) is 2.94. The molecule has 20 heavy (non-hydrogen) atoms. The minimum atomic E-state index is -0.280. The van der Waals surface area contributed by atoms with Gasteiger partial charge in [0.05, 0.1) is 13.5 Å². The van der Waals surface area contributed by atoms with Gasteiger partial charge in [0.15, 0.2) is 0 Å². The molecular weight excluding hydrogens is 254 g/mol. The molecule has 0 radical (unpaired) electrons. The van der Waals surface area contributed by atoms with Crippen LogP contribution in [0.4, 0.5) is 0 Å². The van der Waals surface area contributed by atoms with Crippen molar-refractivity contribution in [3.8, 4) is 5.75 Å². The third kappa shape index (κ3) is 3.57. The van der Waals surface area contributed by atoms with Crippen LogP contribution < -0.4 is 4.74 Å². The SMILES string of the molecule is COC(=O)Cc1ccccc1OC(C)c1ccncc1. The van der Waals surface area contributed by atoms with E-state index in [9.17, 15) is 4.79 Å². The zero-order valence-corrected chi connectivity index (χ0v) is 11.6. The van der Waals surface area contributed by atoms with Crippen molar-refractivity contribution in [2.24, 2.45) is 0 Å². The van der Waals surface area contributed by atoms with Crippen LogP contribution in [0.3, 0.4) is 0 Å². The Hall–Kier alpha value is -2.36. The summed E-state index contributed by atoms with van der Waals surface area (Å²) >= 11 is 0. The fraction of sp³-hybridized carbons (Fsp3) is 0.250. The molecule has 4 nitrogen and oxygen atoms in total. The van der Waals surface area contributed by atoms with Crippen molar-refractivity contribution in [3.05, 3.63) is 59.9 Å². The van der Waals surface area contributed by atoms with Crippen LogP contribution in [0.25, 0.3) is 0 Å². The highest BCUT2D eigenvalue weighted by Gasteiger charge is 2.12. The summed E-state index contributed by atoms with van der Waals surface area (Å²) in [6.45, 7) is 1.96. The fourth-order valence-corrected chi connectivity index (χ4v) is 1.89. The summed E-state index contributed by atoms with van der Waals surface area (Å²) in [6.07, 6.45) is 3.55. The number of aromatic nitrogens is 1. The lowest BCUT2D eigenvalue weighted by Gasteiger charge is -2.17. The van der Waals surface area contributed by atoms with Gasteiger partial charge >= 0.3 is 5.97 Å². The largest absolute Gasteiger partial charge is 0.486 e. The fourth-order valence-electron chi connectivity index (χ4n) is 1.89. The van der Waals surface area contributed by atoms with E-state index >= 15 is 0 Å². The molecule has 0 aliphatic rings. The number of pyridine rings is 1. The molecule has 0 aliphatic heterocycles. The summed E-state index contributed by atoms with van der Waals surface area (Å²) in [4.78, 5) is 15.4. The summed E-state index contributed by atoms with van der Waals surface area (Å²) in [6, 6.07) is 11.3. The van der Waals surface area contributed by atoms with E-state index in [-0.39, 0.29) is 18.5 Å². The summed E-state index contributed by atoms with van der Waals surface area (Å²) in [5, 5.41) is 0. The van der Waals surface area contributed by atoms with Gasteiger partial charge in [-0.1, -0.05) is 18.2 Å². The Balaban J connectivity index is 2.15. The summed E-state index contributed by atoms with van der Waals surface area (Å²) in [5.74, 6) is 0.417. The minimum Gasteiger partial charge on any atom is -0.486 e. The maximum absolute atomic E-state index is 11.4. The molecule has 0 spiro atoms. The van der Waals surface area contributed by atoms with Crippen molar-refractivity contribution >= 4 is 5.97 Å². The number of carbonyl (C=O) groups is 1. The first-order valence-corrected chi connectivity index (χ1v) is 6.42. The second-order valence-corrected chi connectivity index (χ2v) is 4.40. The van der Waals surface area contributed by atoms with E-state index in [2.05, 4.69) is 4.98 Å². The Morgan fingerprint density at radius 3 is 2.60 bits per heavy atom. The van der Waals surface area contributed by atoms with E-state index in [0.717, 1.165) is 11.1 Å². The molecular formula is C16H17NO3. The van der Waals surface area contributed by atoms with Gasteiger partial charge < -0.3 is 9.47 Å². The van der Waals surface area contributed by atoms with Gasteiger partial charge in [-0.2, -0.15) is 0 Å². The average Bonchev–Trinajstić information content (AvgIpc) is 2.50. The molecule has 0 saturated heterocycles. The number of nitrogens with zero attached hydrogens (tertiary/aromatic N) is 1. The number of hydrogen-bond acceptors (Lipinski definition) is 4. The molecule has 0 amide bonds. The number of ether oxygens (including phenoxy) is 2. The van der Waals surface area contributed by atoms with Gasteiger partial charge in [-0.25, -0.2) is 0 Å². The lowest BCUT2D eigenvalue weighted by Crippen LogP contribution is -2.09. The Bertz CT molecular complexity index is 569. The maximum Gasteiger partial charge on any atom is 0.310 e. The van der Waals surface area contributed by atoms with Crippen LogP contribution in [0.2, 0.25) is 0 Å². The molecule has 104 valence electrons. The summed E-state index contributed by atoms with van der Waals surface area (Å²) < 4.78 is 10.6. The van der Waals surface area contributed by atoms with Crippen LogP contribution in [0.5, 0.6) is 5.75 Å². The molecule has 1 unspecified atom stereocenters. The second-order valence-electron chi connectivity index (χ2n) is 4.40. The van der Waals surface area contributed by atoms with Crippen molar-refractivity contribution in [1.29, 1.82) is 0 Å². The summed E-state index contributed by atoms with van der Waals surface area (Å²) in [7, 11) is 1.38. The number of benzene rings is 1. The standard InChI is InChI=1S/C16H17NO3/c1-12(13-7-9-17-10-8-13)20-15-6-4-3-5-14(15)11-16(18)19-2/h3-10,12H,11H2,1-2H3. The van der Waals surface area contributed by atoms with E-state index in [1.807, 2.05) is 43.3 Å². The predicted molar refractivity (Wildman–Crippen MR) is 75.4 cm³/mol. The number of para-hydroxylation sites is 1. The number of methoxy groups -OCH3 is 1. The van der Waals surface area contributed by atoms with Gasteiger partial charge in [-0.15, -0.1) is 0 Å². The Kier molecular flexibility index (Phi) is 4.71. The van der Waals surface area contributed by atoms with Crippen LogP contribution in [0, 0.1) is 0 Å². The smallest absolute Gasteiger partial charge is 0.310 e. The molecule has 2 rings (SSSR count). The Morgan fingerprint density at radius 2 is 1.90 bits per heavy atom. The first-order chi connectivity index (χ1) is 9.70. The maximum atomic E-state index is 11.4. The highest BCUT2D eigenvalue weighted by atomic mass is 16.5. The zero-order valence-electron chi connectivity index (χ0n) is 11.6. The Labute approximate surface area is 118 Å². The molecule has 0 N–H and O–H groups in total. The molecule has 0 bridgehead atoms. The molecule has 0 aliphatic carbocycles. The average molecular weight is 271 g/mol. The first-order valence-electron chi connectivity index (χ1n) is 6.42. The van der Waals surface area contributed by atoms with Crippen molar-refractivity contribution in [2.75, 3.05) is 7.11 Å². The minimum absolute atomic E-state index is 0.114. The molecule has 1 atom stereocenters. The van der Waals surface area contributed by atoms with Crippen LogP contribution >= 0.6 is 0 Å². The third-order valence-corrected chi connectivity index (χ3v) is 3.01. The van der Waals surface area contributed by atoms with E-state index < -0.39 is 0 Å². The highest BCUT2D eigenvalue weighted by molar-refractivity contribution is 5.73. The van der Waals surface area contributed by atoms with Gasteiger partial charge in [-0.05, 0) is 30.7 Å². The van der Waals surface area contributed by atoms with E-state index in [1.165, 1.54) is 7.11 Å². The molecule has 0 fully saturated rings. The number of rotatable bonds is 5. The van der Waals surface area contributed by atoms with E-state index in [0.29, 0.717) is 5.75 Å². The van der Waals surface area contributed by atoms with Crippen LogP contribution in [0.15, 0.2) is 48.8 Å². The van der Waals surface area contributed by atoms with Gasteiger partial charge in [0.1, 0.15) is 11.9 Å². The Morgan fingerprint density at radius 1 is 1.20 bits per heavy atom. The zero-order chi connectivity index (χ0) is 14.4. The van der Waals surface area contributed by atoms with Crippen molar-refractivity contribution in [1.82, 2.24) is 4.98 Å². The molecule has 1 heterocycles. The monoisotopic (exact) mass is 271 g/mol. The normalized spacial score (nSPS) is 11.7. The van der Waals surface area contributed by atoms with E-state index in [1.54, 1.807) is 12.4 Å². The first kappa shape index (κ1) is 14.1. The quantitative estimate of drug-likeness (QED) is 0.784. The van der Waals surface area contributed by atoms with Gasteiger partial charge in [0.2, 0.25) is 0 Å². The topological polar surface area (TPSA) is 48.4 Å². The molecule has 0 saturated carbocycles. The third-order valence-electron chi connectivity index (χ3n) is 3.01. The van der Waals surface area contributed by atoms with Crippen LogP contribution in [-0.2, 0) is 16.0 Å². The molecule has 4 heteroatoms. The highest BCUT2D eigenvalue weighted by Crippen LogP contribution is 2.25. The number of hydrogen-bond donors (Lipinski definition) is 0. The molecule has 1 aromatic carbocycles. The number of carbonyl (C=O) groups excluding carboxylic acids is 1. The van der Waals surface area contributed by atoms with Gasteiger partial charge in [0.25, 0.3) is 0 Å². The lowest BCUT2D eigenvalue weighted by molar-refractivity contribution is -0.139. The lowest BCUT2D eigenvalue weighted by atomic mass is 10.1.